The third-order valence-electron chi connectivity index (χ3n) is 4.09. The zero-order valence-electron chi connectivity index (χ0n) is 12.0. The van der Waals surface area contributed by atoms with Gasteiger partial charge in [0, 0.05) is 7.05 Å². The molecule has 2 rings (SSSR count). The van der Waals surface area contributed by atoms with E-state index in [9.17, 15) is 9.59 Å². The highest BCUT2D eigenvalue weighted by molar-refractivity contribution is 5.76. The molecule has 1 heterocycles. The molecule has 1 aromatic rings. The Morgan fingerprint density at radius 3 is 2.71 bits per heavy atom. The maximum atomic E-state index is 12.3. The quantitative estimate of drug-likeness (QED) is 0.850. The van der Waals surface area contributed by atoms with Gasteiger partial charge in [-0.2, -0.15) is 4.98 Å². The first-order valence-corrected chi connectivity index (χ1v) is 7.02. The number of urea groups is 1. The van der Waals surface area contributed by atoms with Gasteiger partial charge in [0.1, 0.15) is 0 Å². The standard InChI is InChI=1S/C13H20N4O4/c1-17(12(20)14-8-10-15-9-21-16-10)13(7-11(18)19)5-3-2-4-6-13/h9H,2-8H2,1H3,(H,14,20)(H,18,19). The largest absolute Gasteiger partial charge is 0.481 e. The van der Waals surface area contributed by atoms with Crippen LogP contribution in [0.5, 0.6) is 0 Å². The van der Waals surface area contributed by atoms with Crippen molar-refractivity contribution in [2.75, 3.05) is 7.05 Å². The number of aliphatic carboxylic acids is 1. The van der Waals surface area contributed by atoms with Crippen LogP contribution in [0.4, 0.5) is 4.79 Å². The Morgan fingerprint density at radius 1 is 1.43 bits per heavy atom. The number of carboxylic acid groups (broad SMARTS) is 1. The van der Waals surface area contributed by atoms with E-state index >= 15 is 0 Å². The number of nitrogens with one attached hydrogen (secondary N) is 1. The minimum absolute atomic E-state index is 0.0286. The summed E-state index contributed by atoms with van der Waals surface area (Å²) in [4.78, 5) is 28.8. The molecule has 0 spiro atoms. The summed E-state index contributed by atoms with van der Waals surface area (Å²) in [5.74, 6) is -0.498. The zero-order chi connectivity index (χ0) is 15.3. The molecule has 0 aliphatic heterocycles. The molecule has 0 atom stereocenters. The van der Waals surface area contributed by atoms with Crippen molar-refractivity contribution in [1.82, 2.24) is 20.4 Å². The fourth-order valence-corrected chi connectivity index (χ4v) is 2.88. The van der Waals surface area contributed by atoms with Gasteiger partial charge < -0.3 is 19.8 Å². The fourth-order valence-electron chi connectivity index (χ4n) is 2.88. The summed E-state index contributed by atoms with van der Waals surface area (Å²) in [5, 5.41) is 15.5. The van der Waals surface area contributed by atoms with Crippen LogP contribution in [0.2, 0.25) is 0 Å². The molecule has 1 fully saturated rings. The summed E-state index contributed by atoms with van der Waals surface area (Å²) in [5.41, 5.74) is -0.606. The summed E-state index contributed by atoms with van der Waals surface area (Å²) in [6.07, 6.45) is 5.55. The molecule has 2 N–H and O–H groups in total. The van der Waals surface area contributed by atoms with Crippen LogP contribution < -0.4 is 5.32 Å². The van der Waals surface area contributed by atoms with E-state index in [0.717, 1.165) is 19.3 Å². The molecule has 1 aromatic heterocycles. The molecule has 2 amide bonds. The van der Waals surface area contributed by atoms with Gasteiger partial charge in [-0.05, 0) is 12.8 Å². The Kier molecular flexibility index (Phi) is 4.77. The van der Waals surface area contributed by atoms with Crippen molar-refractivity contribution in [3.63, 3.8) is 0 Å². The molecule has 0 aromatic carbocycles. The molecule has 8 nitrogen and oxygen atoms in total. The van der Waals surface area contributed by atoms with Crippen molar-refractivity contribution in [1.29, 1.82) is 0 Å². The van der Waals surface area contributed by atoms with E-state index in [1.54, 1.807) is 7.05 Å². The van der Waals surface area contributed by atoms with Gasteiger partial charge >= 0.3 is 12.0 Å². The predicted molar refractivity (Wildman–Crippen MR) is 72.4 cm³/mol. The van der Waals surface area contributed by atoms with Crippen molar-refractivity contribution < 1.29 is 19.2 Å². The van der Waals surface area contributed by atoms with E-state index in [0.29, 0.717) is 18.7 Å². The first-order chi connectivity index (χ1) is 10.0. The molecule has 8 heteroatoms. The summed E-state index contributed by atoms with van der Waals surface area (Å²) in [6.45, 7) is 0.156. The molecule has 0 radical (unpaired) electrons. The number of aromatic nitrogens is 2. The minimum atomic E-state index is -0.880. The van der Waals surface area contributed by atoms with E-state index in [4.69, 9.17) is 5.11 Å². The number of hydrogen-bond acceptors (Lipinski definition) is 5. The average molecular weight is 296 g/mol. The summed E-state index contributed by atoms with van der Waals surface area (Å²) in [7, 11) is 1.65. The SMILES string of the molecule is CN(C(=O)NCc1ncon1)C1(CC(=O)O)CCCCC1. The lowest BCUT2D eigenvalue weighted by atomic mass is 9.78. The fraction of sp³-hybridized carbons (Fsp3) is 0.692. The normalized spacial score (nSPS) is 17.2. The maximum Gasteiger partial charge on any atom is 0.317 e. The number of carbonyl (C=O) groups is 2. The second-order valence-electron chi connectivity index (χ2n) is 5.42. The van der Waals surface area contributed by atoms with Crippen LogP contribution in [0.1, 0.15) is 44.3 Å². The van der Waals surface area contributed by atoms with Crippen LogP contribution in [0.25, 0.3) is 0 Å². The molecule has 1 aliphatic rings. The second kappa shape index (κ2) is 6.55. The lowest BCUT2D eigenvalue weighted by molar-refractivity contribution is -0.140. The number of amides is 2. The molecule has 21 heavy (non-hydrogen) atoms. The monoisotopic (exact) mass is 296 g/mol. The average Bonchev–Trinajstić information content (AvgIpc) is 2.97. The van der Waals surface area contributed by atoms with E-state index in [1.165, 1.54) is 11.3 Å². The Hall–Kier alpha value is -2.12. The molecule has 0 unspecified atom stereocenters. The van der Waals surface area contributed by atoms with Crippen LogP contribution in [0, 0.1) is 0 Å². The smallest absolute Gasteiger partial charge is 0.317 e. The highest BCUT2D eigenvalue weighted by Crippen LogP contribution is 2.35. The molecule has 0 bridgehead atoms. The van der Waals surface area contributed by atoms with Gasteiger partial charge in [-0.15, -0.1) is 0 Å². The van der Waals surface area contributed by atoms with Crippen LogP contribution >= 0.6 is 0 Å². The molecule has 0 saturated heterocycles. The van der Waals surface area contributed by atoms with E-state index < -0.39 is 11.5 Å². The number of carboxylic acids is 1. The minimum Gasteiger partial charge on any atom is -0.481 e. The highest BCUT2D eigenvalue weighted by Gasteiger charge is 2.40. The Labute approximate surface area is 122 Å². The van der Waals surface area contributed by atoms with Crippen LogP contribution in [0.15, 0.2) is 10.9 Å². The van der Waals surface area contributed by atoms with Gasteiger partial charge in [0.25, 0.3) is 0 Å². The van der Waals surface area contributed by atoms with Gasteiger partial charge in [-0.3, -0.25) is 4.79 Å². The van der Waals surface area contributed by atoms with Crippen molar-refractivity contribution in [2.45, 2.75) is 50.6 Å². The molecular formula is C13H20N4O4. The number of carbonyl (C=O) groups excluding carboxylic acids is 1. The summed E-state index contributed by atoms with van der Waals surface area (Å²) < 4.78 is 4.59. The van der Waals surface area contributed by atoms with Gasteiger partial charge in [-0.1, -0.05) is 24.4 Å². The van der Waals surface area contributed by atoms with Crippen LogP contribution in [-0.2, 0) is 11.3 Å². The lowest BCUT2D eigenvalue weighted by Crippen LogP contribution is -2.55. The van der Waals surface area contributed by atoms with E-state index in [2.05, 4.69) is 20.0 Å². The number of rotatable bonds is 5. The van der Waals surface area contributed by atoms with E-state index in [1.807, 2.05) is 0 Å². The third kappa shape index (κ3) is 3.71. The Morgan fingerprint density at radius 2 is 2.14 bits per heavy atom. The first-order valence-electron chi connectivity index (χ1n) is 7.02. The van der Waals surface area contributed by atoms with Crippen molar-refractivity contribution in [2.24, 2.45) is 0 Å². The highest BCUT2D eigenvalue weighted by atomic mass is 16.5. The molecule has 1 aliphatic carbocycles. The van der Waals surface area contributed by atoms with Crippen LogP contribution in [0.3, 0.4) is 0 Å². The zero-order valence-corrected chi connectivity index (χ0v) is 12.0. The Balaban J connectivity index is 2.00. The predicted octanol–water partition coefficient (Wildman–Crippen LogP) is 1.39. The number of hydrogen-bond donors (Lipinski definition) is 2. The van der Waals surface area contributed by atoms with Gasteiger partial charge in [0.15, 0.2) is 5.82 Å². The maximum absolute atomic E-state index is 12.3. The second-order valence-corrected chi connectivity index (χ2v) is 5.42. The van der Waals surface area contributed by atoms with Crippen molar-refractivity contribution in [3.8, 4) is 0 Å². The van der Waals surface area contributed by atoms with Gasteiger partial charge in [0.2, 0.25) is 6.39 Å². The van der Waals surface area contributed by atoms with Gasteiger partial charge in [-0.25, -0.2) is 4.79 Å². The molecule has 116 valence electrons. The lowest BCUT2D eigenvalue weighted by Gasteiger charge is -2.43. The van der Waals surface area contributed by atoms with Gasteiger partial charge in [0.05, 0.1) is 18.5 Å². The van der Waals surface area contributed by atoms with Crippen molar-refractivity contribution in [3.05, 3.63) is 12.2 Å². The summed E-state index contributed by atoms with van der Waals surface area (Å²) >= 11 is 0. The topological polar surface area (TPSA) is 109 Å². The molecular weight excluding hydrogens is 276 g/mol. The number of nitrogens with zero attached hydrogens (tertiary/aromatic N) is 3. The summed E-state index contributed by atoms with van der Waals surface area (Å²) in [6, 6.07) is -0.317. The van der Waals surface area contributed by atoms with Crippen LogP contribution in [-0.4, -0.2) is 44.7 Å². The van der Waals surface area contributed by atoms with E-state index in [-0.39, 0.29) is 19.0 Å². The first kappa shape index (κ1) is 15.3. The Bertz CT molecular complexity index is 482. The third-order valence-corrected chi connectivity index (χ3v) is 4.09. The molecule has 1 saturated carbocycles. The van der Waals surface area contributed by atoms with Crippen molar-refractivity contribution >= 4 is 12.0 Å².